The SMILES string of the molecule is CCCC(CC(=O)NCCC(=O)OC)n1ccnc1. The number of aromatic nitrogens is 2. The molecule has 1 aromatic rings. The Morgan fingerprint density at radius 3 is 2.84 bits per heavy atom. The molecule has 1 aromatic heterocycles. The average molecular weight is 267 g/mol. The summed E-state index contributed by atoms with van der Waals surface area (Å²) >= 11 is 0. The van der Waals surface area contributed by atoms with Crippen LogP contribution in [0.4, 0.5) is 0 Å². The van der Waals surface area contributed by atoms with Gasteiger partial charge in [0.2, 0.25) is 5.91 Å². The molecule has 1 unspecified atom stereocenters. The fraction of sp³-hybridized carbons (Fsp3) is 0.615. The summed E-state index contributed by atoms with van der Waals surface area (Å²) in [6.07, 6.45) is 7.80. The first-order valence-corrected chi connectivity index (χ1v) is 6.48. The van der Waals surface area contributed by atoms with Crippen molar-refractivity contribution in [3.63, 3.8) is 0 Å². The molecule has 0 bridgehead atoms. The van der Waals surface area contributed by atoms with Gasteiger partial charge in [0, 0.05) is 31.4 Å². The van der Waals surface area contributed by atoms with Crippen LogP contribution in [-0.4, -0.2) is 35.1 Å². The van der Waals surface area contributed by atoms with E-state index in [-0.39, 0.29) is 24.3 Å². The van der Waals surface area contributed by atoms with E-state index in [4.69, 9.17) is 0 Å². The number of methoxy groups -OCH3 is 1. The summed E-state index contributed by atoms with van der Waals surface area (Å²) < 4.78 is 6.46. The van der Waals surface area contributed by atoms with Gasteiger partial charge in [0.15, 0.2) is 0 Å². The van der Waals surface area contributed by atoms with E-state index in [0.29, 0.717) is 13.0 Å². The summed E-state index contributed by atoms with van der Waals surface area (Å²) in [5.74, 6) is -0.379. The Balaban J connectivity index is 2.37. The van der Waals surface area contributed by atoms with Crippen LogP contribution in [0.25, 0.3) is 0 Å². The van der Waals surface area contributed by atoms with Gasteiger partial charge in [-0.1, -0.05) is 13.3 Å². The van der Waals surface area contributed by atoms with Crippen LogP contribution < -0.4 is 5.32 Å². The van der Waals surface area contributed by atoms with Gasteiger partial charge in [0.05, 0.1) is 19.9 Å². The lowest BCUT2D eigenvalue weighted by atomic mass is 10.1. The van der Waals surface area contributed by atoms with Gasteiger partial charge in [0.25, 0.3) is 0 Å². The summed E-state index contributed by atoms with van der Waals surface area (Å²) in [6.45, 7) is 2.40. The third kappa shape index (κ3) is 5.54. The Bertz CT molecular complexity index is 390. The molecule has 0 aromatic carbocycles. The molecule has 0 spiro atoms. The molecule has 0 radical (unpaired) electrons. The largest absolute Gasteiger partial charge is 0.469 e. The number of carbonyl (C=O) groups is 2. The minimum atomic E-state index is -0.319. The fourth-order valence-electron chi connectivity index (χ4n) is 1.87. The molecule has 0 aliphatic rings. The molecular weight excluding hydrogens is 246 g/mol. The van der Waals surface area contributed by atoms with Crippen molar-refractivity contribution in [3.8, 4) is 0 Å². The highest BCUT2D eigenvalue weighted by molar-refractivity contribution is 5.77. The van der Waals surface area contributed by atoms with E-state index in [1.54, 1.807) is 12.5 Å². The molecule has 0 saturated carbocycles. The maximum atomic E-state index is 11.8. The molecule has 1 atom stereocenters. The first kappa shape index (κ1) is 15.2. The van der Waals surface area contributed by atoms with Crippen molar-refractivity contribution in [1.29, 1.82) is 0 Å². The smallest absolute Gasteiger partial charge is 0.307 e. The summed E-state index contributed by atoms with van der Waals surface area (Å²) in [5.41, 5.74) is 0. The summed E-state index contributed by atoms with van der Waals surface area (Å²) in [5, 5.41) is 2.73. The standard InChI is InChI=1S/C13H21N3O3/c1-3-4-11(16-8-7-14-10-16)9-12(17)15-6-5-13(18)19-2/h7-8,10-11H,3-6,9H2,1-2H3,(H,15,17). The lowest BCUT2D eigenvalue weighted by Gasteiger charge is -2.17. The third-order valence-electron chi connectivity index (χ3n) is 2.87. The molecule has 6 heteroatoms. The lowest BCUT2D eigenvalue weighted by molar-refractivity contribution is -0.140. The maximum absolute atomic E-state index is 11.8. The van der Waals surface area contributed by atoms with Gasteiger partial charge in [-0.15, -0.1) is 0 Å². The number of amides is 1. The molecule has 1 amide bonds. The van der Waals surface area contributed by atoms with Crippen LogP contribution >= 0.6 is 0 Å². The number of imidazole rings is 1. The molecule has 6 nitrogen and oxygen atoms in total. The van der Waals surface area contributed by atoms with Crippen molar-refractivity contribution in [2.24, 2.45) is 0 Å². The number of hydrogen-bond donors (Lipinski definition) is 1. The highest BCUT2D eigenvalue weighted by atomic mass is 16.5. The van der Waals surface area contributed by atoms with Gasteiger partial charge in [-0.25, -0.2) is 4.98 Å². The molecular formula is C13H21N3O3. The third-order valence-corrected chi connectivity index (χ3v) is 2.87. The number of hydrogen-bond acceptors (Lipinski definition) is 4. The Hall–Kier alpha value is -1.85. The minimum absolute atomic E-state index is 0.0592. The summed E-state index contributed by atoms with van der Waals surface area (Å²) in [7, 11) is 1.33. The monoisotopic (exact) mass is 267 g/mol. The number of ether oxygens (including phenoxy) is 1. The Kier molecular flexibility index (Phi) is 6.63. The first-order chi connectivity index (χ1) is 9.17. The topological polar surface area (TPSA) is 73.2 Å². The van der Waals surface area contributed by atoms with Crippen molar-refractivity contribution in [3.05, 3.63) is 18.7 Å². The molecule has 0 aliphatic heterocycles. The molecule has 0 saturated heterocycles. The van der Waals surface area contributed by atoms with E-state index in [2.05, 4.69) is 22.0 Å². The highest BCUT2D eigenvalue weighted by Crippen LogP contribution is 2.17. The zero-order chi connectivity index (χ0) is 14.1. The second-order valence-electron chi connectivity index (χ2n) is 4.33. The maximum Gasteiger partial charge on any atom is 0.307 e. The zero-order valence-electron chi connectivity index (χ0n) is 11.5. The number of nitrogens with one attached hydrogen (secondary N) is 1. The highest BCUT2D eigenvalue weighted by Gasteiger charge is 2.14. The van der Waals surface area contributed by atoms with E-state index in [9.17, 15) is 9.59 Å². The van der Waals surface area contributed by atoms with E-state index < -0.39 is 0 Å². The van der Waals surface area contributed by atoms with E-state index in [1.165, 1.54) is 7.11 Å². The normalized spacial score (nSPS) is 11.9. The van der Waals surface area contributed by atoms with Crippen molar-refractivity contribution in [2.45, 2.75) is 38.6 Å². The van der Waals surface area contributed by atoms with E-state index >= 15 is 0 Å². The van der Waals surface area contributed by atoms with E-state index in [0.717, 1.165) is 12.8 Å². The van der Waals surface area contributed by atoms with Crippen LogP contribution in [0.1, 0.15) is 38.6 Å². The van der Waals surface area contributed by atoms with Crippen LogP contribution in [0, 0.1) is 0 Å². The average Bonchev–Trinajstić information content (AvgIpc) is 2.91. The Morgan fingerprint density at radius 2 is 2.26 bits per heavy atom. The molecule has 0 aliphatic carbocycles. The lowest BCUT2D eigenvalue weighted by Crippen LogP contribution is -2.28. The zero-order valence-corrected chi connectivity index (χ0v) is 11.5. The van der Waals surface area contributed by atoms with Crippen LogP contribution in [-0.2, 0) is 14.3 Å². The van der Waals surface area contributed by atoms with Gasteiger partial charge >= 0.3 is 5.97 Å². The van der Waals surface area contributed by atoms with Gasteiger partial charge in [0.1, 0.15) is 0 Å². The number of nitrogens with zero attached hydrogens (tertiary/aromatic N) is 2. The van der Waals surface area contributed by atoms with Crippen molar-refractivity contribution in [1.82, 2.24) is 14.9 Å². The van der Waals surface area contributed by atoms with Gasteiger partial charge in [-0.2, -0.15) is 0 Å². The quantitative estimate of drug-likeness (QED) is 0.720. The van der Waals surface area contributed by atoms with Crippen molar-refractivity contribution >= 4 is 11.9 Å². The first-order valence-electron chi connectivity index (χ1n) is 6.48. The molecule has 106 valence electrons. The minimum Gasteiger partial charge on any atom is -0.469 e. The van der Waals surface area contributed by atoms with Crippen LogP contribution in [0.2, 0.25) is 0 Å². The number of esters is 1. The second-order valence-corrected chi connectivity index (χ2v) is 4.33. The van der Waals surface area contributed by atoms with Gasteiger partial charge in [-0.05, 0) is 6.42 Å². The van der Waals surface area contributed by atoms with Crippen LogP contribution in [0.15, 0.2) is 18.7 Å². The predicted octanol–water partition coefficient (Wildman–Crippen LogP) is 1.29. The number of rotatable bonds is 8. The van der Waals surface area contributed by atoms with Gasteiger partial charge in [-0.3, -0.25) is 9.59 Å². The Morgan fingerprint density at radius 1 is 1.47 bits per heavy atom. The summed E-state index contributed by atoms with van der Waals surface area (Å²) in [4.78, 5) is 26.7. The Labute approximate surface area is 113 Å². The molecule has 1 N–H and O–H groups in total. The predicted molar refractivity (Wildman–Crippen MR) is 70.4 cm³/mol. The van der Waals surface area contributed by atoms with Crippen molar-refractivity contribution in [2.75, 3.05) is 13.7 Å². The van der Waals surface area contributed by atoms with E-state index in [1.807, 2.05) is 10.8 Å². The second kappa shape index (κ2) is 8.29. The fourth-order valence-corrected chi connectivity index (χ4v) is 1.87. The van der Waals surface area contributed by atoms with Crippen LogP contribution in [0.5, 0.6) is 0 Å². The summed E-state index contributed by atoms with van der Waals surface area (Å²) in [6, 6.07) is 0.116. The van der Waals surface area contributed by atoms with Gasteiger partial charge < -0.3 is 14.6 Å². The molecule has 19 heavy (non-hydrogen) atoms. The number of carbonyl (C=O) groups excluding carboxylic acids is 2. The van der Waals surface area contributed by atoms with Crippen LogP contribution in [0.3, 0.4) is 0 Å². The molecule has 0 fully saturated rings. The molecule has 1 rings (SSSR count). The van der Waals surface area contributed by atoms with Crippen molar-refractivity contribution < 1.29 is 14.3 Å². The molecule has 1 heterocycles.